The van der Waals surface area contributed by atoms with Gasteiger partial charge in [-0.3, -0.25) is 9.78 Å². The largest absolute Gasteiger partial charge is 0.418 e. The van der Waals surface area contributed by atoms with Crippen molar-refractivity contribution in [2.24, 2.45) is 0 Å². The molecule has 24 heavy (non-hydrogen) atoms. The Bertz CT molecular complexity index is 711. The van der Waals surface area contributed by atoms with Crippen LogP contribution in [0, 0.1) is 0 Å². The molecule has 1 saturated heterocycles. The fourth-order valence-corrected chi connectivity index (χ4v) is 2.82. The minimum atomic E-state index is -4.39. The lowest BCUT2D eigenvalue weighted by atomic mass is 10.1. The molecule has 0 radical (unpaired) electrons. The van der Waals surface area contributed by atoms with Crippen molar-refractivity contribution in [3.63, 3.8) is 0 Å². The van der Waals surface area contributed by atoms with Gasteiger partial charge in [0, 0.05) is 49.8 Å². The number of amides is 1. The number of carbonyl (C=O) groups excluding carboxylic acids is 1. The fourth-order valence-electron chi connectivity index (χ4n) is 2.82. The standard InChI is InChI=1S/C17H16F3N3O/c18-17(19,20)14-3-1-2-4-15(14)22-9-11-23(12-10-22)16(24)13-5-7-21-8-6-13/h1-8H,9-12H2. The van der Waals surface area contributed by atoms with E-state index in [-0.39, 0.29) is 11.6 Å². The molecule has 1 amide bonds. The SMILES string of the molecule is O=C(c1ccncc1)N1CCN(c2ccccc2C(F)(F)F)CC1. The summed E-state index contributed by atoms with van der Waals surface area (Å²) in [5.74, 6) is -0.124. The molecule has 3 rings (SSSR count). The van der Waals surface area contributed by atoms with Gasteiger partial charge < -0.3 is 9.80 Å². The highest BCUT2D eigenvalue weighted by Crippen LogP contribution is 2.36. The first-order chi connectivity index (χ1) is 11.5. The third-order valence-electron chi connectivity index (χ3n) is 4.04. The van der Waals surface area contributed by atoms with Crippen molar-refractivity contribution >= 4 is 11.6 Å². The van der Waals surface area contributed by atoms with Crippen LogP contribution in [0.2, 0.25) is 0 Å². The van der Waals surface area contributed by atoms with Gasteiger partial charge in [0.2, 0.25) is 0 Å². The number of alkyl halides is 3. The van der Waals surface area contributed by atoms with Gasteiger partial charge in [-0.2, -0.15) is 13.2 Å². The van der Waals surface area contributed by atoms with Gasteiger partial charge in [-0.15, -0.1) is 0 Å². The number of anilines is 1. The number of piperazine rings is 1. The molecule has 0 spiro atoms. The Morgan fingerprint density at radius 2 is 1.58 bits per heavy atom. The first-order valence-corrected chi connectivity index (χ1v) is 7.57. The zero-order valence-electron chi connectivity index (χ0n) is 12.8. The van der Waals surface area contributed by atoms with Crippen LogP contribution < -0.4 is 4.90 Å². The Balaban J connectivity index is 1.71. The van der Waals surface area contributed by atoms with Crippen LogP contribution in [0.4, 0.5) is 18.9 Å². The van der Waals surface area contributed by atoms with Gasteiger partial charge in [-0.05, 0) is 24.3 Å². The third-order valence-corrected chi connectivity index (χ3v) is 4.04. The number of pyridine rings is 1. The highest BCUT2D eigenvalue weighted by atomic mass is 19.4. The number of hydrogen-bond donors (Lipinski definition) is 0. The van der Waals surface area contributed by atoms with E-state index in [9.17, 15) is 18.0 Å². The minimum Gasteiger partial charge on any atom is -0.367 e. The normalized spacial score (nSPS) is 15.5. The summed E-state index contributed by atoms with van der Waals surface area (Å²) in [7, 11) is 0. The third kappa shape index (κ3) is 3.34. The van der Waals surface area contributed by atoms with Crippen LogP contribution in [0.3, 0.4) is 0 Å². The van der Waals surface area contributed by atoms with Gasteiger partial charge in [0.1, 0.15) is 0 Å². The van der Waals surface area contributed by atoms with E-state index >= 15 is 0 Å². The number of benzene rings is 1. The second-order valence-corrected chi connectivity index (χ2v) is 5.53. The molecule has 2 aromatic rings. The molecule has 0 bridgehead atoms. The molecule has 0 aliphatic carbocycles. The topological polar surface area (TPSA) is 36.4 Å². The van der Waals surface area contributed by atoms with Crippen molar-refractivity contribution in [2.75, 3.05) is 31.1 Å². The van der Waals surface area contributed by atoms with E-state index in [4.69, 9.17) is 0 Å². The van der Waals surface area contributed by atoms with Crippen LogP contribution in [0.15, 0.2) is 48.8 Å². The number of hydrogen-bond acceptors (Lipinski definition) is 3. The van der Waals surface area contributed by atoms with Gasteiger partial charge in [0.15, 0.2) is 0 Å². The van der Waals surface area contributed by atoms with Gasteiger partial charge in [-0.1, -0.05) is 12.1 Å². The summed E-state index contributed by atoms with van der Waals surface area (Å²) in [6.45, 7) is 1.49. The molecule has 1 fully saturated rings. The van der Waals surface area contributed by atoms with Crippen LogP contribution in [-0.4, -0.2) is 42.0 Å². The molecule has 1 aliphatic heterocycles. The van der Waals surface area contributed by atoms with Crippen molar-refractivity contribution in [1.29, 1.82) is 0 Å². The predicted octanol–water partition coefficient (Wildman–Crippen LogP) is 3.06. The van der Waals surface area contributed by atoms with Gasteiger partial charge in [0.05, 0.1) is 5.56 Å². The monoisotopic (exact) mass is 335 g/mol. The van der Waals surface area contributed by atoms with Crippen molar-refractivity contribution in [2.45, 2.75) is 6.18 Å². The minimum absolute atomic E-state index is 0.124. The van der Waals surface area contributed by atoms with Gasteiger partial charge in [0.25, 0.3) is 5.91 Å². The van der Waals surface area contributed by atoms with Gasteiger partial charge in [-0.25, -0.2) is 0 Å². The number of rotatable bonds is 2. The summed E-state index contributed by atoms with van der Waals surface area (Å²) >= 11 is 0. The number of halogens is 3. The molecule has 0 unspecified atom stereocenters. The van der Waals surface area contributed by atoms with E-state index in [0.717, 1.165) is 6.07 Å². The molecule has 1 aromatic carbocycles. The van der Waals surface area contributed by atoms with Crippen LogP contribution in [-0.2, 0) is 6.18 Å². The highest BCUT2D eigenvalue weighted by molar-refractivity contribution is 5.94. The van der Waals surface area contributed by atoms with E-state index in [1.807, 2.05) is 0 Å². The van der Waals surface area contributed by atoms with Crippen molar-refractivity contribution in [3.8, 4) is 0 Å². The zero-order valence-corrected chi connectivity index (χ0v) is 12.8. The Morgan fingerprint density at radius 1 is 0.958 bits per heavy atom. The Labute approximate surface area is 137 Å². The smallest absolute Gasteiger partial charge is 0.367 e. The molecule has 1 aliphatic rings. The maximum Gasteiger partial charge on any atom is 0.418 e. The van der Waals surface area contributed by atoms with Crippen molar-refractivity contribution < 1.29 is 18.0 Å². The summed E-state index contributed by atoms with van der Waals surface area (Å²) in [5, 5.41) is 0. The zero-order chi connectivity index (χ0) is 17.2. The van der Waals surface area contributed by atoms with Gasteiger partial charge >= 0.3 is 6.18 Å². The average Bonchev–Trinajstić information content (AvgIpc) is 2.61. The maximum atomic E-state index is 13.1. The summed E-state index contributed by atoms with van der Waals surface area (Å²) in [5.41, 5.74) is 0.0639. The molecule has 0 saturated carbocycles. The van der Waals surface area contributed by atoms with E-state index in [1.54, 1.807) is 40.4 Å². The summed E-state index contributed by atoms with van der Waals surface area (Å²) in [6, 6.07) is 8.81. The fraction of sp³-hybridized carbons (Fsp3) is 0.294. The molecular weight excluding hydrogens is 319 g/mol. The summed E-state index contributed by atoms with van der Waals surface area (Å²) in [6.07, 6.45) is -1.30. The van der Waals surface area contributed by atoms with Crippen LogP contribution in [0.1, 0.15) is 15.9 Å². The van der Waals surface area contributed by atoms with E-state index in [2.05, 4.69) is 4.98 Å². The molecule has 1 aromatic heterocycles. The molecule has 2 heterocycles. The van der Waals surface area contributed by atoms with Crippen LogP contribution >= 0.6 is 0 Å². The molecule has 0 N–H and O–H groups in total. The second kappa shape index (κ2) is 6.51. The summed E-state index contributed by atoms with van der Waals surface area (Å²) in [4.78, 5) is 19.6. The maximum absolute atomic E-state index is 13.1. The quantitative estimate of drug-likeness (QED) is 0.846. The van der Waals surface area contributed by atoms with E-state index < -0.39 is 11.7 Å². The predicted molar refractivity (Wildman–Crippen MR) is 83.8 cm³/mol. The number of para-hydroxylation sites is 1. The van der Waals surface area contributed by atoms with Crippen molar-refractivity contribution in [3.05, 3.63) is 59.9 Å². The lowest BCUT2D eigenvalue weighted by molar-refractivity contribution is -0.137. The number of nitrogens with zero attached hydrogens (tertiary/aromatic N) is 3. The summed E-state index contributed by atoms with van der Waals surface area (Å²) < 4.78 is 39.4. The van der Waals surface area contributed by atoms with Crippen molar-refractivity contribution in [1.82, 2.24) is 9.88 Å². The molecular formula is C17H16F3N3O. The number of carbonyl (C=O) groups is 1. The Hall–Kier alpha value is -2.57. The Morgan fingerprint density at radius 3 is 2.21 bits per heavy atom. The average molecular weight is 335 g/mol. The van der Waals surface area contributed by atoms with Crippen LogP contribution in [0.25, 0.3) is 0 Å². The lowest BCUT2D eigenvalue weighted by Gasteiger charge is -2.37. The molecule has 126 valence electrons. The molecule has 0 atom stereocenters. The molecule has 4 nitrogen and oxygen atoms in total. The molecule has 7 heteroatoms. The van der Waals surface area contributed by atoms with E-state index in [0.29, 0.717) is 31.7 Å². The second-order valence-electron chi connectivity index (χ2n) is 5.53. The van der Waals surface area contributed by atoms with Crippen LogP contribution in [0.5, 0.6) is 0 Å². The Kier molecular flexibility index (Phi) is 4.42. The lowest BCUT2D eigenvalue weighted by Crippen LogP contribution is -2.49. The highest BCUT2D eigenvalue weighted by Gasteiger charge is 2.35. The first-order valence-electron chi connectivity index (χ1n) is 7.57. The van der Waals surface area contributed by atoms with E-state index in [1.165, 1.54) is 12.1 Å². The number of aromatic nitrogens is 1. The first kappa shape index (κ1) is 16.3.